The normalized spacial score (nSPS) is 12.9. The molecule has 0 bridgehead atoms. The second-order valence-electron chi connectivity index (χ2n) is 7.90. The summed E-state index contributed by atoms with van der Waals surface area (Å²) in [5.74, 6) is 0.783. The van der Waals surface area contributed by atoms with E-state index in [4.69, 9.17) is 5.10 Å². The van der Waals surface area contributed by atoms with Crippen molar-refractivity contribution in [2.75, 3.05) is 0 Å². The number of hydrogen-bond acceptors (Lipinski definition) is 2. The molecule has 0 amide bonds. The molecule has 0 radical (unpaired) electrons. The van der Waals surface area contributed by atoms with Crippen LogP contribution in [0.3, 0.4) is 0 Å². The summed E-state index contributed by atoms with van der Waals surface area (Å²) in [6.07, 6.45) is 11.5. The van der Waals surface area contributed by atoms with E-state index in [0.717, 1.165) is 38.1 Å². The van der Waals surface area contributed by atoms with Gasteiger partial charge in [0.25, 0.3) is 0 Å². The van der Waals surface area contributed by atoms with Gasteiger partial charge < -0.3 is 0 Å². The van der Waals surface area contributed by atoms with E-state index in [-0.39, 0.29) is 0 Å². The predicted octanol–water partition coefficient (Wildman–Crippen LogP) is 5.28. The first kappa shape index (κ1) is 19.7. The van der Waals surface area contributed by atoms with Gasteiger partial charge in [-0.1, -0.05) is 27.2 Å². The van der Waals surface area contributed by atoms with Gasteiger partial charge in [-0.2, -0.15) is 10.2 Å². The maximum Gasteiger partial charge on any atom is 0.0625 e. The summed E-state index contributed by atoms with van der Waals surface area (Å²) >= 11 is 0. The fourth-order valence-electron chi connectivity index (χ4n) is 3.34. The molecule has 0 saturated carbocycles. The SMILES string of the molecule is CCCn1cc(CCC(C)n2cc(CCCC(C)C)c(C)n2)c(C)n1. The molecule has 0 aliphatic rings. The second kappa shape index (κ2) is 9.21. The Morgan fingerprint density at radius 3 is 2.28 bits per heavy atom. The highest BCUT2D eigenvalue weighted by Gasteiger charge is 2.12. The number of hydrogen-bond donors (Lipinski definition) is 0. The van der Waals surface area contributed by atoms with E-state index in [1.54, 1.807) is 0 Å². The van der Waals surface area contributed by atoms with E-state index in [2.05, 4.69) is 68.4 Å². The molecule has 2 heterocycles. The lowest BCUT2D eigenvalue weighted by molar-refractivity contribution is 0.457. The zero-order valence-electron chi connectivity index (χ0n) is 17.0. The Hall–Kier alpha value is -1.58. The van der Waals surface area contributed by atoms with Gasteiger partial charge in [-0.15, -0.1) is 0 Å². The molecular weight excluding hydrogens is 308 g/mol. The van der Waals surface area contributed by atoms with Gasteiger partial charge in [0.05, 0.1) is 11.4 Å². The molecule has 4 nitrogen and oxygen atoms in total. The van der Waals surface area contributed by atoms with Crippen molar-refractivity contribution in [3.8, 4) is 0 Å². The summed E-state index contributed by atoms with van der Waals surface area (Å²) in [5.41, 5.74) is 5.16. The van der Waals surface area contributed by atoms with Crippen molar-refractivity contribution in [2.24, 2.45) is 5.92 Å². The first-order chi connectivity index (χ1) is 11.9. The second-order valence-corrected chi connectivity index (χ2v) is 7.90. The van der Waals surface area contributed by atoms with Crippen LogP contribution in [0.5, 0.6) is 0 Å². The van der Waals surface area contributed by atoms with Crippen molar-refractivity contribution in [2.45, 2.75) is 92.7 Å². The highest BCUT2D eigenvalue weighted by Crippen LogP contribution is 2.19. The Morgan fingerprint density at radius 1 is 0.920 bits per heavy atom. The fourth-order valence-corrected chi connectivity index (χ4v) is 3.34. The summed E-state index contributed by atoms with van der Waals surface area (Å²) in [4.78, 5) is 0. The van der Waals surface area contributed by atoms with Gasteiger partial charge in [-0.25, -0.2) is 0 Å². The maximum absolute atomic E-state index is 4.77. The molecule has 0 aromatic carbocycles. The van der Waals surface area contributed by atoms with Gasteiger partial charge in [0, 0.05) is 25.0 Å². The molecule has 0 N–H and O–H groups in total. The summed E-state index contributed by atoms with van der Waals surface area (Å²) in [6, 6.07) is 0.423. The zero-order chi connectivity index (χ0) is 18.4. The average molecular weight is 345 g/mol. The van der Waals surface area contributed by atoms with Crippen molar-refractivity contribution >= 4 is 0 Å². The monoisotopic (exact) mass is 344 g/mol. The molecular formula is C21H36N4. The largest absolute Gasteiger partial charge is 0.272 e. The highest BCUT2D eigenvalue weighted by molar-refractivity contribution is 5.17. The molecule has 2 aromatic rings. The molecule has 0 spiro atoms. The van der Waals surface area contributed by atoms with Crippen LogP contribution in [-0.4, -0.2) is 19.6 Å². The van der Waals surface area contributed by atoms with Crippen LogP contribution in [0.15, 0.2) is 12.4 Å². The molecule has 1 atom stereocenters. The van der Waals surface area contributed by atoms with E-state index in [9.17, 15) is 0 Å². The smallest absolute Gasteiger partial charge is 0.0625 e. The van der Waals surface area contributed by atoms with Crippen molar-refractivity contribution < 1.29 is 0 Å². The summed E-state index contributed by atoms with van der Waals surface area (Å²) in [5, 5.41) is 9.38. The van der Waals surface area contributed by atoms with Crippen molar-refractivity contribution in [1.29, 1.82) is 0 Å². The van der Waals surface area contributed by atoms with E-state index < -0.39 is 0 Å². The Kier molecular flexibility index (Phi) is 7.27. The van der Waals surface area contributed by atoms with Crippen LogP contribution in [0.1, 0.15) is 81.9 Å². The predicted molar refractivity (Wildman–Crippen MR) is 105 cm³/mol. The lowest BCUT2D eigenvalue weighted by atomic mass is 10.0. The first-order valence-corrected chi connectivity index (χ1v) is 9.98. The number of rotatable bonds is 10. The molecule has 0 aliphatic heterocycles. The summed E-state index contributed by atoms with van der Waals surface area (Å²) < 4.78 is 4.26. The molecule has 0 fully saturated rings. The molecule has 140 valence electrons. The van der Waals surface area contributed by atoms with E-state index >= 15 is 0 Å². The van der Waals surface area contributed by atoms with Gasteiger partial charge in [0.1, 0.15) is 0 Å². The van der Waals surface area contributed by atoms with E-state index in [1.165, 1.54) is 35.4 Å². The van der Waals surface area contributed by atoms with Crippen LogP contribution in [0.4, 0.5) is 0 Å². The number of aromatic nitrogens is 4. The summed E-state index contributed by atoms with van der Waals surface area (Å²) in [7, 11) is 0. The fraction of sp³-hybridized carbons (Fsp3) is 0.714. The zero-order valence-corrected chi connectivity index (χ0v) is 17.0. The van der Waals surface area contributed by atoms with Crippen LogP contribution in [0, 0.1) is 19.8 Å². The number of aryl methyl sites for hydroxylation is 5. The van der Waals surface area contributed by atoms with E-state index in [0.29, 0.717) is 6.04 Å². The molecule has 0 saturated heterocycles. The average Bonchev–Trinajstić information content (AvgIpc) is 3.08. The third-order valence-electron chi connectivity index (χ3n) is 5.03. The Morgan fingerprint density at radius 2 is 1.60 bits per heavy atom. The molecule has 0 aliphatic carbocycles. The van der Waals surface area contributed by atoms with Crippen LogP contribution >= 0.6 is 0 Å². The molecule has 25 heavy (non-hydrogen) atoms. The van der Waals surface area contributed by atoms with Crippen molar-refractivity contribution in [3.63, 3.8) is 0 Å². The molecule has 1 unspecified atom stereocenters. The van der Waals surface area contributed by atoms with Crippen molar-refractivity contribution in [3.05, 3.63) is 34.9 Å². The molecule has 2 rings (SSSR count). The van der Waals surface area contributed by atoms with Crippen LogP contribution in [-0.2, 0) is 19.4 Å². The summed E-state index contributed by atoms with van der Waals surface area (Å²) in [6.45, 7) is 14.3. The van der Waals surface area contributed by atoms with Crippen LogP contribution in [0.2, 0.25) is 0 Å². The molecule has 4 heteroatoms. The quantitative estimate of drug-likeness (QED) is 0.588. The Balaban J connectivity index is 1.91. The van der Waals surface area contributed by atoms with Crippen LogP contribution < -0.4 is 0 Å². The van der Waals surface area contributed by atoms with Gasteiger partial charge >= 0.3 is 0 Å². The standard InChI is InChI=1S/C21H36N4/c1-7-13-24-14-21(18(5)22-24)12-11-17(4)25-15-20(19(6)23-25)10-8-9-16(2)3/h14-17H,7-13H2,1-6H3. The Bertz CT molecular complexity index is 651. The first-order valence-electron chi connectivity index (χ1n) is 9.98. The van der Waals surface area contributed by atoms with Gasteiger partial charge in [-0.3, -0.25) is 9.36 Å². The minimum absolute atomic E-state index is 0.423. The van der Waals surface area contributed by atoms with Crippen LogP contribution in [0.25, 0.3) is 0 Å². The van der Waals surface area contributed by atoms with Gasteiger partial charge in [0.15, 0.2) is 0 Å². The molecule has 2 aromatic heterocycles. The minimum atomic E-state index is 0.423. The lowest BCUT2D eigenvalue weighted by Gasteiger charge is -2.11. The van der Waals surface area contributed by atoms with Gasteiger partial charge in [-0.05, 0) is 69.9 Å². The highest BCUT2D eigenvalue weighted by atomic mass is 15.3. The third-order valence-corrected chi connectivity index (χ3v) is 5.03. The van der Waals surface area contributed by atoms with Crippen molar-refractivity contribution in [1.82, 2.24) is 19.6 Å². The maximum atomic E-state index is 4.77. The van der Waals surface area contributed by atoms with Gasteiger partial charge in [0.2, 0.25) is 0 Å². The number of nitrogens with zero attached hydrogens (tertiary/aromatic N) is 4. The minimum Gasteiger partial charge on any atom is -0.272 e. The lowest BCUT2D eigenvalue weighted by Crippen LogP contribution is -2.07. The topological polar surface area (TPSA) is 35.6 Å². The Labute approximate surface area is 153 Å². The third kappa shape index (κ3) is 5.72. The van der Waals surface area contributed by atoms with E-state index in [1.807, 2.05) is 0 Å².